The molecule has 1 aromatic rings. The predicted molar refractivity (Wildman–Crippen MR) is 127 cm³/mol. The number of carbonyl (C=O) groups excluding carboxylic acids is 3. The normalized spacial score (nSPS) is 25.0. The fraction of sp³-hybridized carbons (Fsp3) is 0.640. The van der Waals surface area contributed by atoms with Crippen molar-refractivity contribution in [2.75, 3.05) is 40.4 Å². The van der Waals surface area contributed by atoms with Crippen molar-refractivity contribution in [1.82, 2.24) is 20.4 Å². The first-order valence-electron chi connectivity index (χ1n) is 12.3. The zero-order valence-electron chi connectivity index (χ0n) is 20.2. The summed E-state index contributed by atoms with van der Waals surface area (Å²) in [5.74, 6) is 1.15. The lowest BCUT2D eigenvalue weighted by Crippen LogP contribution is -2.51. The quantitative estimate of drug-likeness (QED) is 0.533. The van der Waals surface area contributed by atoms with Crippen LogP contribution in [0.25, 0.3) is 0 Å². The van der Waals surface area contributed by atoms with Gasteiger partial charge in [0, 0.05) is 19.1 Å². The van der Waals surface area contributed by atoms with Gasteiger partial charge in [0.1, 0.15) is 6.04 Å². The molecule has 0 aromatic heterocycles. The first-order chi connectivity index (χ1) is 16.5. The summed E-state index contributed by atoms with van der Waals surface area (Å²) in [5, 5.41) is 5.70. The highest BCUT2D eigenvalue weighted by atomic mass is 16.5. The molecule has 186 valence electrons. The molecule has 4 rings (SSSR count). The lowest BCUT2D eigenvalue weighted by Gasteiger charge is -2.44. The SMILES string of the molecule is COc1ccc(CCN2C(=O)NC(CC(=O)NCC3CCCN4CCCCC34)C2=O)cc1OC. The minimum absolute atomic E-state index is 0.0292. The number of ether oxygens (including phenoxy) is 2. The summed E-state index contributed by atoms with van der Waals surface area (Å²) in [4.78, 5) is 41.6. The molecule has 3 heterocycles. The highest BCUT2D eigenvalue weighted by Gasteiger charge is 2.39. The number of hydrogen-bond acceptors (Lipinski definition) is 6. The van der Waals surface area contributed by atoms with Crippen molar-refractivity contribution in [3.05, 3.63) is 23.8 Å². The standard InChI is InChI=1S/C25H36N4O5/c1-33-21-9-8-17(14-22(21)34-2)10-13-29-24(31)19(27-25(29)32)15-23(30)26-16-18-6-5-12-28-11-4-3-7-20(18)28/h8-9,14,18-20H,3-7,10-13,15-16H2,1-2H3,(H,26,30)(H,27,32). The number of urea groups is 1. The fourth-order valence-electron chi connectivity index (χ4n) is 5.52. The molecule has 0 radical (unpaired) electrons. The van der Waals surface area contributed by atoms with Crippen molar-refractivity contribution in [1.29, 1.82) is 0 Å². The Balaban J connectivity index is 1.26. The molecule has 9 heteroatoms. The molecule has 4 amide bonds. The Hall–Kier alpha value is -2.81. The van der Waals surface area contributed by atoms with E-state index < -0.39 is 12.1 Å². The maximum absolute atomic E-state index is 12.8. The maximum Gasteiger partial charge on any atom is 0.324 e. The number of rotatable bonds is 9. The summed E-state index contributed by atoms with van der Waals surface area (Å²) in [6.07, 6.45) is 6.48. The van der Waals surface area contributed by atoms with Crippen molar-refractivity contribution in [3.8, 4) is 11.5 Å². The minimum atomic E-state index is -0.810. The van der Waals surface area contributed by atoms with Gasteiger partial charge < -0.3 is 25.0 Å². The van der Waals surface area contributed by atoms with Crippen LogP contribution in [0.1, 0.15) is 44.1 Å². The number of carbonyl (C=O) groups is 3. The van der Waals surface area contributed by atoms with Crippen LogP contribution in [0, 0.1) is 5.92 Å². The summed E-state index contributed by atoms with van der Waals surface area (Å²) in [5.41, 5.74) is 0.920. The van der Waals surface area contributed by atoms with Crippen LogP contribution in [0.15, 0.2) is 18.2 Å². The van der Waals surface area contributed by atoms with Gasteiger partial charge in [-0.15, -0.1) is 0 Å². The van der Waals surface area contributed by atoms with Crippen molar-refractivity contribution >= 4 is 17.8 Å². The molecule has 9 nitrogen and oxygen atoms in total. The number of hydrogen-bond donors (Lipinski definition) is 2. The van der Waals surface area contributed by atoms with Gasteiger partial charge in [-0.2, -0.15) is 0 Å². The molecular formula is C25H36N4O5. The highest BCUT2D eigenvalue weighted by molar-refractivity contribution is 6.05. The summed E-state index contributed by atoms with van der Waals surface area (Å²) < 4.78 is 10.6. The van der Waals surface area contributed by atoms with E-state index >= 15 is 0 Å². The van der Waals surface area contributed by atoms with Crippen LogP contribution in [-0.2, 0) is 16.0 Å². The van der Waals surface area contributed by atoms with Gasteiger partial charge in [0.15, 0.2) is 11.5 Å². The van der Waals surface area contributed by atoms with Gasteiger partial charge in [-0.05, 0) is 68.8 Å². The van der Waals surface area contributed by atoms with E-state index in [1.165, 1.54) is 30.6 Å². The van der Waals surface area contributed by atoms with Crippen LogP contribution in [-0.4, -0.2) is 80.1 Å². The Morgan fingerprint density at radius 3 is 2.68 bits per heavy atom. The molecule has 1 aromatic carbocycles. The molecule has 3 atom stereocenters. The number of amides is 4. The van der Waals surface area contributed by atoms with Crippen LogP contribution in [0.5, 0.6) is 11.5 Å². The Morgan fingerprint density at radius 2 is 1.88 bits per heavy atom. The second-order valence-electron chi connectivity index (χ2n) is 9.44. The molecule has 2 N–H and O–H groups in total. The molecule has 3 unspecified atom stereocenters. The average Bonchev–Trinajstić information content (AvgIpc) is 3.12. The topological polar surface area (TPSA) is 100 Å². The van der Waals surface area contributed by atoms with Gasteiger partial charge in [0.2, 0.25) is 5.91 Å². The third-order valence-electron chi connectivity index (χ3n) is 7.36. The maximum atomic E-state index is 12.8. The number of nitrogens with one attached hydrogen (secondary N) is 2. The first kappa shape index (κ1) is 24.3. The molecule has 3 aliphatic rings. The number of nitrogens with zero attached hydrogens (tertiary/aromatic N) is 2. The molecule has 0 aliphatic carbocycles. The Labute approximate surface area is 201 Å². The number of imide groups is 1. The van der Waals surface area contributed by atoms with Crippen molar-refractivity contribution in [2.24, 2.45) is 5.92 Å². The molecule has 3 fully saturated rings. The van der Waals surface area contributed by atoms with E-state index in [1.807, 2.05) is 12.1 Å². The van der Waals surface area contributed by atoms with Crippen molar-refractivity contribution in [2.45, 2.75) is 57.0 Å². The second kappa shape index (κ2) is 11.1. The summed E-state index contributed by atoms with van der Waals surface area (Å²) >= 11 is 0. The van der Waals surface area contributed by atoms with Gasteiger partial charge in [-0.1, -0.05) is 12.5 Å². The monoisotopic (exact) mass is 472 g/mol. The number of benzene rings is 1. The zero-order chi connectivity index (χ0) is 24.1. The minimum Gasteiger partial charge on any atom is -0.493 e. The van der Waals surface area contributed by atoms with Gasteiger partial charge in [0.05, 0.1) is 20.6 Å². The van der Waals surface area contributed by atoms with Crippen LogP contribution in [0.4, 0.5) is 4.79 Å². The third kappa shape index (κ3) is 5.46. The van der Waals surface area contributed by atoms with Crippen LogP contribution in [0.3, 0.4) is 0 Å². The molecule has 34 heavy (non-hydrogen) atoms. The van der Waals surface area contributed by atoms with Crippen molar-refractivity contribution < 1.29 is 23.9 Å². The van der Waals surface area contributed by atoms with E-state index in [-0.39, 0.29) is 24.8 Å². The third-order valence-corrected chi connectivity index (χ3v) is 7.36. The molecular weight excluding hydrogens is 436 g/mol. The molecule has 0 bridgehead atoms. The predicted octanol–water partition coefficient (Wildman–Crippen LogP) is 1.94. The lowest BCUT2D eigenvalue weighted by atomic mass is 9.83. The van der Waals surface area contributed by atoms with E-state index in [2.05, 4.69) is 15.5 Å². The Bertz CT molecular complexity index is 905. The van der Waals surface area contributed by atoms with Crippen LogP contribution >= 0.6 is 0 Å². The molecule has 0 spiro atoms. The summed E-state index contributed by atoms with van der Waals surface area (Å²) in [6, 6.07) is 4.81. The van der Waals surface area contributed by atoms with E-state index in [0.29, 0.717) is 36.4 Å². The highest BCUT2D eigenvalue weighted by Crippen LogP contribution is 2.30. The molecule has 3 aliphatic heterocycles. The largest absolute Gasteiger partial charge is 0.493 e. The van der Waals surface area contributed by atoms with E-state index in [0.717, 1.165) is 25.1 Å². The smallest absolute Gasteiger partial charge is 0.324 e. The number of piperidine rings is 2. The van der Waals surface area contributed by atoms with Gasteiger partial charge in [-0.3, -0.25) is 14.5 Å². The molecule has 3 saturated heterocycles. The summed E-state index contributed by atoms with van der Waals surface area (Å²) in [6.45, 7) is 3.20. The Morgan fingerprint density at radius 1 is 1.09 bits per heavy atom. The van der Waals surface area contributed by atoms with E-state index in [1.54, 1.807) is 20.3 Å². The summed E-state index contributed by atoms with van der Waals surface area (Å²) in [7, 11) is 3.13. The van der Waals surface area contributed by atoms with Crippen LogP contribution in [0.2, 0.25) is 0 Å². The number of methoxy groups -OCH3 is 2. The number of fused-ring (bicyclic) bond motifs is 1. The molecule has 0 saturated carbocycles. The van der Waals surface area contributed by atoms with Gasteiger partial charge >= 0.3 is 6.03 Å². The van der Waals surface area contributed by atoms with Gasteiger partial charge in [-0.25, -0.2) is 4.79 Å². The van der Waals surface area contributed by atoms with E-state index in [4.69, 9.17) is 9.47 Å². The second-order valence-corrected chi connectivity index (χ2v) is 9.44. The Kier molecular flexibility index (Phi) is 7.92. The van der Waals surface area contributed by atoms with Crippen LogP contribution < -0.4 is 20.1 Å². The van der Waals surface area contributed by atoms with Crippen molar-refractivity contribution in [3.63, 3.8) is 0 Å². The van der Waals surface area contributed by atoms with E-state index in [9.17, 15) is 14.4 Å². The van der Waals surface area contributed by atoms with Gasteiger partial charge in [0.25, 0.3) is 5.91 Å². The first-order valence-corrected chi connectivity index (χ1v) is 12.3. The fourth-order valence-corrected chi connectivity index (χ4v) is 5.52. The lowest BCUT2D eigenvalue weighted by molar-refractivity contribution is -0.131. The zero-order valence-corrected chi connectivity index (χ0v) is 20.2. The average molecular weight is 473 g/mol.